The molecule has 1 N–H and O–H groups in total. The number of nitrogens with one attached hydrogen (secondary N) is 1. The van der Waals surface area contributed by atoms with Gasteiger partial charge in [-0.2, -0.15) is 5.26 Å². The number of benzene rings is 2. The molecule has 0 aromatic heterocycles. The summed E-state index contributed by atoms with van der Waals surface area (Å²) in [5.74, 6) is 0. The normalized spacial score (nSPS) is 20.8. The van der Waals surface area contributed by atoms with E-state index in [1.807, 2.05) is 42.5 Å². The molecule has 1 atom stereocenters. The van der Waals surface area contributed by atoms with Crippen LogP contribution >= 0.6 is 11.6 Å². The van der Waals surface area contributed by atoms with E-state index in [9.17, 15) is 5.26 Å². The maximum Gasteiger partial charge on any atom is 0.151 e. The highest BCUT2D eigenvalue weighted by atomic mass is 35.5. The minimum atomic E-state index is -0.681. The summed E-state index contributed by atoms with van der Waals surface area (Å²) in [6, 6.07) is 18.2. The Morgan fingerprint density at radius 1 is 1.10 bits per heavy atom. The van der Waals surface area contributed by atoms with Crippen LogP contribution in [0, 0.1) is 11.3 Å². The van der Waals surface area contributed by atoms with Gasteiger partial charge in [-0.3, -0.25) is 0 Å². The molecule has 0 heterocycles. The van der Waals surface area contributed by atoms with Crippen molar-refractivity contribution in [1.82, 2.24) is 0 Å². The zero-order valence-corrected chi connectivity index (χ0v) is 11.8. The second kappa shape index (κ2) is 5.19. The van der Waals surface area contributed by atoms with Gasteiger partial charge in [-0.15, -0.1) is 0 Å². The summed E-state index contributed by atoms with van der Waals surface area (Å²) in [7, 11) is 0. The number of aryl methyl sites for hydroxylation is 1. The molecule has 0 amide bonds. The Balaban J connectivity index is 2.06. The lowest BCUT2D eigenvalue weighted by Crippen LogP contribution is -2.37. The maximum atomic E-state index is 9.78. The summed E-state index contributed by atoms with van der Waals surface area (Å²) in [4.78, 5) is 0. The fourth-order valence-electron chi connectivity index (χ4n) is 2.90. The summed E-state index contributed by atoms with van der Waals surface area (Å²) in [6.07, 6.45) is 2.83. The SMILES string of the molecule is N#CC1(Nc2ccccc2Cl)CCCc2ccccc21. The number of halogens is 1. The third kappa shape index (κ3) is 2.15. The van der Waals surface area contributed by atoms with Gasteiger partial charge in [0.15, 0.2) is 5.54 Å². The van der Waals surface area contributed by atoms with Gasteiger partial charge >= 0.3 is 0 Å². The molecule has 3 rings (SSSR count). The first kappa shape index (κ1) is 13.0. The molecule has 2 nitrogen and oxygen atoms in total. The first-order valence-electron chi connectivity index (χ1n) is 6.77. The summed E-state index contributed by atoms with van der Waals surface area (Å²) >= 11 is 6.22. The number of anilines is 1. The van der Waals surface area contributed by atoms with E-state index in [0.717, 1.165) is 30.5 Å². The van der Waals surface area contributed by atoms with Crippen molar-refractivity contribution in [2.45, 2.75) is 24.8 Å². The summed E-state index contributed by atoms with van der Waals surface area (Å²) in [6.45, 7) is 0. The van der Waals surface area contributed by atoms with Crippen LogP contribution in [0.4, 0.5) is 5.69 Å². The van der Waals surface area contributed by atoms with Gasteiger partial charge in [0.05, 0.1) is 16.8 Å². The molecular formula is C17H15ClN2. The van der Waals surface area contributed by atoms with Crippen LogP contribution < -0.4 is 5.32 Å². The molecule has 2 aromatic carbocycles. The quantitative estimate of drug-likeness (QED) is 0.880. The average Bonchev–Trinajstić information content (AvgIpc) is 2.50. The molecule has 0 fully saturated rings. The molecule has 0 radical (unpaired) electrons. The van der Waals surface area contributed by atoms with Gasteiger partial charge in [0.2, 0.25) is 0 Å². The minimum absolute atomic E-state index is 0.644. The Labute approximate surface area is 124 Å². The monoisotopic (exact) mass is 282 g/mol. The van der Waals surface area contributed by atoms with Gasteiger partial charge in [0.1, 0.15) is 0 Å². The first-order valence-corrected chi connectivity index (χ1v) is 7.15. The van der Waals surface area contributed by atoms with Gasteiger partial charge in [-0.25, -0.2) is 0 Å². The van der Waals surface area contributed by atoms with E-state index in [2.05, 4.69) is 17.5 Å². The van der Waals surface area contributed by atoms with Crippen molar-refractivity contribution in [3.05, 3.63) is 64.7 Å². The van der Waals surface area contributed by atoms with E-state index in [1.54, 1.807) is 0 Å². The van der Waals surface area contributed by atoms with Crippen LogP contribution in [-0.4, -0.2) is 0 Å². The molecule has 0 bridgehead atoms. The first-order chi connectivity index (χ1) is 9.75. The second-order valence-electron chi connectivity index (χ2n) is 5.13. The number of nitrogens with zero attached hydrogens (tertiary/aromatic N) is 1. The van der Waals surface area contributed by atoms with Crippen LogP contribution in [0.15, 0.2) is 48.5 Å². The molecule has 100 valence electrons. The third-order valence-electron chi connectivity index (χ3n) is 3.89. The lowest BCUT2D eigenvalue weighted by Gasteiger charge is -2.35. The Bertz CT molecular complexity index is 675. The number of para-hydroxylation sites is 1. The lowest BCUT2D eigenvalue weighted by molar-refractivity contribution is 0.505. The van der Waals surface area contributed by atoms with Crippen molar-refractivity contribution in [1.29, 1.82) is 5.26 Å². The van der Waals surface area contributed by atoms with E-state index in [-0.39, 0.29) is 0 Å². The topological polar surface area (TPSA) is 35.8 Å². The number of rotatable bonds is 2. The summed E-state index contributed by atoms with van der Waals surface area (Å²) < 4.78 is 0. The van der Waals surface area contributed by atoms with Crippen molar-refractivity contribution >= 4 is 17.3 Å². The van der Waals surface area contributed by atoms with E-state index >= 15 is 0 Å². The highest BCUT2D eigenvalue weighted by Crippen LogP contribution is 2.39. The van der Waals surface area contributed by atoms with E-state index in [4.69, 9.17) is 11.6 Å². The molecule has 2 aromatic rings. The molecule has 1 unspecified atom stereocenters. The van der Waals surface area contributed by atoms with Gasteiger partial charge < -0.3 is 5.32 Å². The van der Waals surface area contributed by atoms with Crippen LogP contribution in [0.25, 0.3) is 0 Å². The Hall–Kier alpha value is -1.98. The van der Waals surface area contributed by atoms with E-state index < -0.39 is 5.54 Å². The molecule has 0 aliphatic heterocycles. The van der Waals surface area contributed by atoms with Crippen LogP contribution in [0.5, 0.6) is 0 Å². The van der Waals surface area contributed by atoms with Crippen molar-refractivity contribution in [2.24, 2.45) is 0 Å². The highest BCUT2D eigenvalue weighted by molar-refractivity contribution is 6.33. The third-order valence-corrected chi connectivity index (χ3v) is 4.22. The average molecular weight is 283 g/mol. The van der Waals surface area contributed by atoms with Crippen LogP contribution in [0.2, 0.25) is 5.02 Å². The van der Waals surface area contributed by atoms with E-state index in [0.29, 0.717) is 5.02 Å². The molecule has 20 heavy (non-hydrogen) atoms. The molecular weight excluding hydrogens is 268 g/mol. The number of fused-ring (bicyclic) bond motifs is 1. The largest absolute Gasteiger partial charge is 0.362 e. The minimum Gasteiger partial charge on any atom is -0.362 e. The maximum absolute atomic E-state index is 9.78. The van der Waals surface area contributed by atoms with Gasteiger partial charge in [0.25, 0.3) is 0 Å². The van der Waals surface area contributed by atoms with Crippen molar-refractivity contribution in [3.63, 3.8) is 0 Å². The molecule has 1 aliphatic carbocycles. The Morgan fingerprint density at radius 2 is 1.85 bits per heavy atom. The summed E-state index contributed by atoms with van der Waals surface area (Å²) in [5.41, 5.74) is 2.46. The van der Waals surface area contributed by atoms with Gasteiger partial charge in [0, 0.05) is 0 Å². The van der Waals surface area contributed by atoms with Crippen molar-refractivity contribution in [2.75, 3.05) is 5.32 Å². The smallest absolute Gasteiger partial charge is 0.151 e. The molecule has 1 aliphatic rings. The molecule has 0 saturated carbocycles. The number of nitriles is 1. The zero-order valence-electron chi connectivity index (χ0n) is 11.1. The second-order valence-corrected chi connectivity index (χ2v) is 5.54. The summed E-state index contributed by atoms with van der Waals surface area (Å²) in [5, 5.41) is 13.8. The molecule has 0 spiro atoms. The van der Waals surface area contributed by atoms with Crippen LogP contribution in [-0.2, 0) is 12.0 Å². The fraction of sp³-hybridized carbons (Fsp3) is 0.235. The van der Waals surface area contributed by atoms with Crippen LogP contribution in [0.3, 0.4) is 0 Å². The van der Waals surface area contributed by atoms with Crippen molar-refractivity contribution < 1.29 is 0 Å². The molecule has 3 heteroatoms. The Morgan fingerprint density at radius 3 is 2.65 bits per heavy atom. The lowest BCUT2D eigenvalue weighted by atomic mass is 9.77. The highest BCUT2D eigenvalue weighted by Gasteiger charge is 2.36. The zero-order chi connectivity index (χ0) is 14.0. The fourth-order valence-corrected chi connectivity index (χ4v) is 3.08. The molecule has 0 saturated heterocycles. The standard InChI is InChI=1S/C17H15ClN2/c18-15-9-3-4-10-16(15)20-17(12-19)11-5-7-13-6-1-2-8-14(13)17/h1-4,6,8-10,20H,5,7,11H2. The van der Waals surface area contributed by atoms with Crippen LogP contribution in [0.1, 0.15) is 24.0 Å². The van der Waals surface area contributed by atoms with Gasteiger partial charge in [-0.05, 0) is 42.5 Å². The van der Waals surface area contributed by atoms with Crippen molar-refractivity contribution in [3.8, 4) is 6.07 Å². The Kier molecular flexibility index (Phi) is 3.38. The number of hydrogen-bond acceptors (Lipinski definition) is 2. The predicted octanol–water partition coefficient (Wildman–Crippen LogP) is 4.51. The number of hydrogen-bond donors (Lipinski definition) is 1. The predicted molar refractivity (Wildman–Crippen MR) is 81.7 cm³/mol. The van der Waals surface area contributed by atoms with E-state index in [1.165, 1.54) is 5.56 Å². The van der Waals surface area contributed by atoms with Gasteiger partial charge in [-0.1, -0.05) is 48.0 Å².